The highest BCUT2D eigenvalue weighted by atomic mass is 16.5. The van der Waals surface area contributed by atoms with E-state index in [-0.39, 0.29) is 36.4 Å². The van der Waals surface area contributed by atoms with Gasteiger partial charge in [0.05, 0.1) is 17.9 Å². The van der Waals surface area contributed by atoms with Crippen molar-refractivity contribution in [2.24, 2.45) is 0 Å². The standard InChI is InChI=1S/C25H24N4O5/c1-14(24(32)27(3)4)26-23(31)15(2)29-12-19-17(7-6-8-18(19)25(29)33)16-9-10-21-20(11-16)28(5)22(30)13-34-21/h6-11H,1-2,12-13H2,3-5H3,(H,26,31). The summed E-state index contributed by atoms with van der Waals surface area (Å²) >= 11 is 0. The Bertz CT molecular complexity index is 1280. The number of nitrogens with zero attached hydrogens (tertiary/aromatic N) is 3. The van der Waals surface area contributed by atoms with Crippen LogP contribution in [0.25, 0.3) is 11.1 Å². The molecule has 0 saturated heterocycles. The summed E-state index contributed by atoms with van der Waals surface area (Å²) in [4.78, 5) is 53.9. The first-order valence-electron chi connectivity index (χ1n) is 10.5. The molecule has 1 N–H and O–H groups in total. The lowest BCUT2D eigenvalue weighted by Gasteiger charge is -2.26. The fourth-order valence-electron chi connectivity index (χ4n) is 3.92. The number of carbonyl (C=O) groups is 4. The average molecular weight is 460 g/mol. The Morgan fingerprint density at radius 2 is 1.79 bits per heavy atom. The second kappa shape index (κ2) is 8.51. The molecule has 0 atom stereocenters. The zero-order valence-electron chi connectivity index (χ0n) is 19.2. The van der Waals surface area contributed by atoms with Gasteiger partial charge in [-0.25, -0.2) is 0 Å². The first kappa shape index (κ1) is 22.8. The van der Waals surface area contributed by atoms with E-state index in [4.69, 9.17) is 4.74 Å². The van der Waals surface area contributed by atoms with Gasteiger partial charge in [0.2, 0.25) is 0 Å². The molecule has 2 aliphatic rings. The Kier molecular flexibility index (Phi) is 5.70. The van der Waals surface area contributed by atoms with Crippen molar-refractivity contribution in [3.8, 4) is 16.9 Å². The van der Waals surface area contributed by atoms with E-state index < -0.39 is 11.8 Å². The van der Waals surface area contributed by atoms with Gasteiger partial charge in [-0.3, -0.25) is 24.1 Å². The van der Waals surface area contributed by atoms with Gasteiger partial charge in [0.15, 0.2) is 6.61 Å². The van der Waals surface area contributed by atoms with Crippen molar-refractivity contribution in [1.82, 2.24) is 15.1 Å². The maximum atomic E-state index is 13.1. The van der Waals surface area contributed by atoms with Crippen LogP contribution in [0.4, 0.5) is 5.69 Å². The van der Waals surface area contributed by atoms with Gasteiger partial charge in [-0.1, -0.05) is 31.4 Å². The number of rotatable bonds is 5. The second-order valence-corrected chi connectivity index (χ2v) is 8.23. The Morgan fingerprint density at radius 1 is 1.09 bits per heavy atom. The zero-order valence-corrected chi connectivity index (χ0v) is 19.2. The molecule has 34 heavy (non-hydrogen) atoms. The van der Waals surface area contributed by atoms with Crippen LogP contribution in [0.5, 0.6) is 5.75 Å². The van der Waals surface area contributed by atoms with Crippen molar-refractivity contribution in [3.05, 3.63) is 72.1 Å². The molecular formula is C25H24N4O5. The SMILES string of the molecule is C=C(NC(=O)C(=C)N1Cc2c(cccc2-c2ccc3c(c2)N(C)C(=O)CO3)C1=O)C(=O)N(C)C. The first-order chi connectivity index (χ1) is 16.1. The van der Waals surface area contributed by atoms with E-state index in [0.717, 1.165) is 16.7 Å². The van der Waals surface area contributed by atoms with Crippen LogP contribution in [0.2, 0.25) is 0 Å². The number of anilines is 1. The summed E-state index contributed by atoms with van der Waals surface area (Å²) in [5.74, 6) is -1.06. The molecule has 0 bridgehead atoms. The molecule has 174 valence electrons. The third kappa shape index (κ3) is 3.81. The number of ether oxygens (including phenoxy) is 1. The Balaban J connectivity index is 1.61. The number of hydrogen-bond donors (Lipinski definition) is 1. The van der Waals surface area contributed by atoms with Crippen LogP contribution in [0.15, 0.2) is 61.0 Å². The highest BCUT2D eigenvalue weighted by molar-refractivity contribution is 6.08. The van der Waals surface area contributed by atoms with Crippen molar-refractivity contribution < 1.29 is 23.9 Å². The molecule has 4 rings (SSSR count). The number of nitrogens with one attached hydrogen (secondary N) is 1. The van der Waals surface area contributed by atoms with Crippen LogP contribution in [0.3, 0.4) is 0 Å². The lowest BCUT2D eigenvalue weighted by Crippen LogP contribution is -2.38. The van der Waals surface area contributed by atoms with E-state index in [1.165, 1.54) is 28.8 Å². The van der Waals surface area contributed by atoms with Gasteiger partial charge in [-0.15, -0.1) is 0 Å². The van der Waals surface area contributed by atoms with Crippen molar-refractivity contribution in [1.29, 1.82) is 0 Å². The minimum absolute atomic E-state index is 0.0101. The van der Waals surface area contributed by atoms with Crippen LogP contribution in [0.1, 0.15) is 15.9 Å². The largest absolute Gasteiger partial charge is 0.482 e. The fourth-order valence-corrected chi connectivity index (χ4v) is 3.92. The van der Waals surface area contributed by atoms with Crippen LogP contribution in [-0.4, -0.2) is 61.2 Å². The Morgan fingerprint density at radius 3 is 2.50 bits per heavy atom. The van der Waals surface area contributed by atoms with Crippen LogP contribution in [0, 0.1) is 0 Å². The molecule has 9 heteroatoms. The molecule has 2 heterocycles. The summed E-state index contributed by atoms with van der Waals surface area (Å²) in [6.45, 7) is 7.47. The Hall–Kier alpha value is -4.40. The number of fused-ring (bicyclic) bond motifs is 2. The summed E-state index contributed by atoms with van der Waals surface area (Å²) < 4.78 is 5.50. The minimum atomic E-state index is -0.686. The molecule has 0 radical (unpaired) electrons. The first-order valence-corrected chi connectivity index (χ1v) is 10.5. The van der Waals surface area contributed by atoms with Gasteiger partial charge in [-0.05, 0) is 34.9 Å². The molecule has 4 amide bonds. The molecule has 2 aromatic rings. The van der Waals surface area contributed by atoms with Gasteiger partial charge < -0.3 is 19.9 Å². The maximum Gasteiger partial charge on any atom is 0.271 e. The summed E-state index contributed by atoms with van der Waals surface area (Å²) in [5, 5.41) is 2.41. The third-order valence-electron chi connectivity index (χ3n) is 5.84. The average Bonchev–Trinajstić information content (AvgIpc) is 3.16. The lowest BCUT2D eigenvalue weighted by molar-refractivity contribution is -0.127. The van der Waals surface area contributed by atoms with E-state index in [2.05, 4.69) is 18.5 Å². The molecule has 0 spiro atoms. The lowest BCUT2D eigenvalue weighted by atomic mass is 9.96. The summed E-state index contributed by atoms with van der Waals surface area (Å²) in [7, 11) is 4.76. The predicted octanol–water partition coefficient (Wildman–Crippen LogP) is 1.90. The quantitative estimate of drug-likeness (QED) is 0.687. The molecule has 0 unspecified atom stereocenters. The van der Waals surface area contributed by atoms with E-state index in [1.54, 1.807) is 25.2 Å². The van der Waals surface area contributed by atoms with Crippen LogP contribution >= 0.6 is 0 Å². The van der Waals surface area contributed by atoms with Crippen molar-refractivity contribution in [3.63, 3.8) is 0 Å². The third-order valence-corrected chi connectivity index (χ3v) is 5.84. The van der Waals surface area contributed by atoms with Gasteiger partial charge in [0.25, 0.3) is 23.6 Å². The molecular weight excluding hydrogens is 436 g/mol. The van der Waals surface area contributed by atoms with Crippen molar-refractivity contribution in [2.45, 2.75) is 6.54 Å². The molecule has 0 aliphatic carbocycles. The van der Waals surface area contributed by atoms with E-state index in [0.29, 0.717) is 17.0 Å². The van der Waals surface area contributed by atoms with Crippen molar-refractivity contribution >= 4 is 29.3 Å². The molecule has 0 saturated carbocycles. The van der Waals surface area contributed by atoms with E-state index in [1.807, 2.05) is 18.2 Å². The Labute approximate surface area is 196 Å². The molecule has 2 aliphatic heterocycles. The summed E-state index contributed by atoms with van der Waals surface area (Å²) in [6, 6.07) is 10.8. The van der Waals surface area contributed by atoms with Gasteiger partial charge in [0, 0.05) is 26.7 Å². The van der Waals surface area contributed by atoms with Crippen LogP contribution < -0.4 is 15.0 Å². The molecule has 0 aromatic heterocycles. The second-order valence-electron chi connectivity index (χ2n) is 8.23. The zero-order chi connectivity index (χ0) is 24.7. The predicted molar refractivity (Wildman–Crippen MR) is 126 cm³/mol. The number of likely N-dealkylation sites (N-methyl/N-ethyl adjacent to an activating group) is 2. The topological polar surface area (TPSA) is 99.3 Å². The molecule has 2 aromatic carbocycles. The van der Waals surface area contributed by atoms with Crippen LogP contribution in [-0.2, 0) is 20.9 Å². The highest BCUT2D eigenvalue weighted by Gasteiger charge is 2.34. The molecule has 9 nitrogen and oxygen atoms in total. The smallest absolute Gasteiger partial charge is 0.271 e. The number of carbonyl (C=O) groups excluding carboxylic acids is 4. The maximum absolute atomic E-state index is 13.1. The van der Waals surface area contributed by atoms with Gasteiger partial charge in [-0.2, -0.15) is 0 Å². The molecule has 0 fully saturated rings. The minimum Gasteiger partial charge on any atom is -0.482 e. The van der Waals surface area contributed by atoms with Gasteiger partial charge in [0.1, 0.15) is 11.4 Å². The highest BCUT2D eigenvalue weighted by Crippen LogP contribution is 2.39. The number of benzene rings is 2. The monoisotopic (exact) mass is 460 g/mol. The number of hydrogen-bond acceptors (Lipinski definition) is 5. The summed E-state index contributed by atoms with van der Waals surface area (Å²) in [5.41, 5.74) is 3.21. The van der Waals surface area contributed by atoms with E-state index in [9.17, 15) is 19.2 Å². The van der Waals surface area contributed by atoms with E-state index >= 15 is 0 Å². The van der Waals surface area contributed by atoms with Crippen molar-refractivity contribution in [2.75, 3.05) is 32.6 Å². The number of amides is 4. The fraction of sp³-hybridized carbons (Fsp3) is 0.200. The van der Waals surface area contributed by atoms with Gasteiger partial charge >= 0.3 is 0 Å². The normalized spacial score (nSPS) is 14.2. The summed E-state index contributed by atoms with van der Waals surface area (Å²) in [6.07, 6.45) is 0.